The lowest BCUT2D eigenvalue weighted by Crippen LogP contribution is -2.21. The van der Waals surface area contributed by atoms with Gasteiger partial charge in [0.15, 0.2) is 5.58 Å². The third-order valence-corrected chi connectivity index (χ3v) is 6.60. The Morgan fingerprint density at radius 2 is 1.83 bits per heavy atom. The third-order valence-electron chi connectivity index (χ3n) is 5.55. The molecular weight excluding hydrogens is 574 g/mol. The van der Waals surface area contributed by atoms with E-state index in [-0.39, 0.29) is 5.91 Å². The summed E-state index contributed by atoms with van der Waals surface area (Å²) in [6.07, 6.45) is 3.17. The van der Waals surface area contributed by atoms with Crippen LogP contribution in [0.1, 0.15) is 19.4 Å². The van der Waals surface area contributed by atoms with Gasteiger partial charge in [-0.15, -0.1) is 0 Å². The summed E-state index contributed by atoms with van der Waals surface area (Å²) >= 11 is 6.93. The molecule has 0 saturated heterocycles. The molecule has 1 heterocycles. The van der Waals surface area contributed by atoms with Crippen molar-refractivity contribution in [1.29, 1.82) is 0 Å². The number of hydrogen-bond donors (Lipinski definition) is 1. The highest BCUT2D eigenvalue weighted by Crippen LogP contribution is 2.33. The second-order valence-corrected chi connectivity index (χ2v) is 9.52. The zero-order valence-electron chi connectivity index (χ0n) is 19.6. The van der Waals surface area contributed by atoms with E-state index in [0.29, 0.717) is 28.4 Å². The Labute approximate surface area is 221 Å². The van der Waals surface area contributed by atoms with Gasteiger partial charge in [-0.3, -0.25) is 4.79 Å². The molecule has 1 aromatic heterocycles. The highest BCUT2D eigenvalue weighted by atomic mass is 79.9. The Kier molecular flexibility index (Phi) is 7.93. The van der Waals surface area contributed by atoms with E-state index in [1.807, 2.05) is 30.3 Å². The second kappa shape index (κ2) is 11.1. The molecule has 0 bridgehead atoms. The monoisotopic (exact) mass is 597 g/mol. The Hall–Kier alpha value is -3.10. The molecule has 0 spiro atoms. The molecule has 0 unspecified atom stereocenters. The van der Waals surface area contributed by atoms with Gasteiger partial charge in [0, 0.05) is 46.1 Å². The van der Waals surface area contributed by atoms with Gasteiger partial charge in [-0.2, -0.15) is 0 Å². The first kappa shape index (κ1) is 25.0. The molecule has 4 aromatic rings. The largest absolute Gasteiger partial charge is 0.495 e. The van der Waals surface area contributed by atoms with Crippen molar-refractivity contribution in [3.05, 3.63) is 75.2 Å². The van der Waals surface area contributed by atoms with Crippen LogP contribution in [0.25, 0.3) is 28.6 Å². The Morgan fingerprint density at radius 1 is 1.09 bits per heavy atom. The fraction of sp³-hybridized carbons (Fsp3) is 0.185. The molecule has 6 nitrogen and oxygen atoms in total. The van der Waals surface area contributed by atoms with Crippen LogP contribution in [0.3, 0.4) is 0 Å². The van der Waals surface area contributed by atoms with E-state index in [4.69, 9.17) is 9.15 Å². The molecule has 0 fully saturated rings. The first-order valence-corrected chi connectivity index (χ1v) is 12.8. The topological polar surface area (TPSA) is 67.6 Å². The van der Waals surface area contributed by atoms with Crippen molar-refractivity contribution in [1.82, 2.24) is 4.98 Å². The van der Waals surface area contributed by atoms with E-state index < -0.39 is 0 Å². The number of aromatic nitrogens is 1. The van der Waals surface area contributed by atoms with Crippen molar-refractivity contribution in [3.8, 4) is 17.2 Å². The zero-order chi connectivity index (χ0) is 24.9. The number of amides is 1. The summed E-state index contributed by atoms with van der Waals surface area (Å²) in [6, 6.07) is 17.4. The molecular formula is C27H25Br2N3O3. The quantitative estimate of drug-likeness (QED) is 0.212. The standard InChI is InChI=1S/C27H25Br2N3O3/c1-4-32(5-2)21-10-6-17(7-11-21)27-31-23-16-20(9-12-24(23)35-27)30-25(33)13-8-18-14-19(28)15-22(29)26(18)34-3/h6-16H,4-5H2,1-3H3,(H,30,33)/b13-8+. The first-order valence-electron chi connectivity index (χ1n) is 11.2. The number of hydrogen-bond acceptors (Lipinski definition) is 5. The summed E-state index contributed by atoms with van der Waals surface area (Å²) in [5, 5.41) is 2.88. The smallest absolute Gasteiger partial charge is 0.248 e. The molecule has 4 rings (SSSR count). The van der Waals surface area contributed by atoms with E-state index >= 15 is 0 Å². The van der Waals surface area contributed by atoms with Gasteiger partial charge in [0.25, 0.3) is 0 Å². The number of nitrogens with zero attached hydrogens (tertiary/aromatic N) is 2. The van der Waals surface area contributed by atoms with Crippen LogP contribution in [-0.2, 0) is 4.79 Å². The number of ether oxygens (including phenoxy) is 1. The lowest BCUT2D eigenvalue weighted by Gasteiger charge is -2.20. The predicted octanol–water partition coefficient (Wildman–Crippen LogP) is 7.53. The molecule has 1 N–H and O–H groups in total. The normalized spacial score (nSPS) is 11.2. The molecule has 0 aliphatic heterocycles. The van der Waals surface area contributed by atoms with Crippen LogP contribution in [0.15, 0.2) is 74.0 Å². The van der Waals surface area contributed by atoms with Crippen LogP contribution >= 0.6 is 31.9 Å². The van der Waals surface area contributed by atoms with Crippen molar-refractivity contribution < 1.29 is 13.9 Å². The number of benzene rings is 3. The molecule has 8 heteroatoms. The minimum absolute atomic E-state index is 0.266. The van der Waals surface area contributed by atoms with Crippen LogP contribution in [0, 0.1) is 0 Å². The summed E-state index contributed by atoms with van der Waals surface area (Å²) in [4.78, 5) is 19.5. The van der Waals surface area contributed by atoms with E-state index in [1.54, 1.807) is 25.3 Å². The molecule has 35 heavy (non-hydrogen) atoms. The number of fused-ring (bicyclic) bond motifs is 1. The number of carbonyl (C=O) groups is 1. The van der Waals surface area contributed by atoms with Crippen molar-refractivity contribution in [2.45, 2.75) is 13.8 Å². The van der Waals surface area contributed by atoms with Crippen LogP contribution < -0.4 is 15.0 Å². The number of rotatable bonds is 8. The third kappa shape index (κ3) is 5.77. The van der Waals surface area contributed by atoms with Gasteiger partial charge < -0.3 is 19.4 Å². The first-order chi connectivity index (χ1) is 16.9. The number of halogens is 2. The average molecular weight is 599 g/mol. The highest BCUT2D eigenvalue weighted by Gasteiger charge is 2.11. The summed E-state index contributed by atoms with van der Waals surface area (Å²) in [5.41, 5.74) is 4.80. The van der Waals surface area contributed by atoms with Crippen LogP contribution in [0.4, 0.5) is 11.4 Å². The van der Waals surface area contributed by atoms with Crippen molar-refractivity contribution >= 4 is 66.3 Å². The maximum atomic E-state index is 12.5. The summed E-state index contributed by atoms with van der Waals surface area (Å²) in [5.74, 6) is 0.930. The van der Waals surface area contributed by atoms with Crippen molar-refractivity contribution in [2.75, 3.05) is 30.4 Å². The average Bonchev–Trinajstić information content (AvgIpc) is 3.27. The number of methoxy groups -OCH3 is 1. The van der Waals surface area contributed by atoms with Gasteiger partial charge in [-0.1, -0.05) is 15.9 Å². The summed E-state index contributed by atoms with van der Waals surface area (Å²) < 4.78 is 13.0. The van der Waals surface area contributed by atoms with Gasteiger partial charge in [0.2, 0.25) is 11.8 Å². The Morgan fingerprint density at radius 3 is 2.51 bits per heavy atom. The lowest BCUT2D eigenvalue weighted by molar-refractivity contribution is -0.111. The van der Waals surface area contributed by atoms with E-state index in [9.17, 15) is 4.79 Å². The molecule has 0 aliphatic rings. The lowest BCUT2D eigenvalue weighted by atomic mass is 10.2. The molecule has 180 valence electrons. The number of nitrogens with one attached hydrogen (secondary N) is 1. The predicted molar refractivity (Wildman–Crippen MR) is 149 cm³/mol. The summed E-state index contributed by atoms with van der Waals surface area (Å²) in [7, 11) is 1.59. The van der Waals surface area contributed by atoms with Gasteiger partial charge in [0.05, 0.1) is 11.6 Å². The van der Waals surface area contributed by atoms with Gasteiger partial charge >= 0.3 is 0 Å². The Bertz CT molecular complexity index is 1380. The number of carbonyl (C=O) groups excluding carboxylic acids is 1. The minimum Gasteiger partial charge on any atom is -0.495 e. The highest BCUT2D eigenvalue weighted by molar-refractivity contribution is 9.11. The summed E-state index contributed by atoms with van der Waals surface area (Å²) in [6.45, 7) is 6.19. The molecule has 0 saturated carbocycles. The minimum atomic E-state index is -0.266. The van der Waals surface area contributed by atoms with Crippen molar-refractivity contribution in [2.24, 2.45) is 0 Å². The number of oxazole rings is 1. The van der Waals surface area contributed by atoms with Crippen LogP contribution in [-0.4, -0.2) is 31.1 Å². The fourth-order valence-corrected chi connectivity index (χ4v) is 5.22. The molecule has 0 aliphatic carbocycles. The SMILES string of the molecule is CCN(CC)c1ccc(-c2nc3cc(NC(=O)/C=C/c4cc(Br)cc(Br)c4OC)ccc3o2)cc1. The van der Waals surface area contributed by atoms with Crippen LogP contribution in [0.2, 0.25) is 0 Å². The molecule has 1 amide bonds. The Balaban J connectivity index is 1.50. The maximum Gasteiger partial charge on any atom is 0.248 e. The van der Waals surface area contributed by atoms with Gasteiger partial charge in [-0.25, -0.2) is 4.98 Å². The fourth-order valence-electron chi connectivity index (χ4n) is 3.80. The molecule has 0 radical (unpaired) electrons. The molecule has 3 aromatic carbocycles. The van der Waals surface area contributed by atoms with E-state index in [0.717, 1.165) is 33.2 Å². The van der Waals surface area contributed by atoms with E-state index in [1.165, 1.54) is 11.8 Å². The van der Waals surface area contributed by atoms with Crippen LogP contribution in [0.5, 0.6) is 5.75 Å². The maximum absolute atomic E-state index is 12.5. The van der Waals surface area contributed by atoms with E-state index in [2.05, 4.69) is 73.0 Å². The van der Waals surface area contributed by atoms with Crippen molar-refractivity contribution in [3.63, 3.8) is 0 Å². The second-order valence-electron chi connectivity index (χ2n) is 7.75. The number of anilines is 2. The van der Waals surface area contributed by atoms with Gasteiger partial charge in [0.1, 0.15) is 11.3 Å². The zero-order valence-corrected chi connectivity index (χ0v) is 22.8. The van der Waals surface area contributed by atoms with Gasteiger partial charge in [-0.05, 0) is 90.5 Å². The molecule has 0 atom stereocenters.